The van der Waals surface area contributed by atoms with Crippen molar-refractivity contribution in [2.24, 2.45) is 11.8 Å². The van der Waals surface area contributed by atoms with E-state index in [4.69, 9.17) is 9.47 Å². The maximum absolute atomic E-state index is 14.3. The molecule has 0 saturated heterocycles. The van der Waals surface area contributed by atoms with Gasteiger partial charge in [0.05, 0.1) is 30.4 Å². The summed E-state index contributed by atoms with van der Waals surface area (Å²) in [5, 5.41) is 15.7. The molecule has 3 amide bonds. The van der Waals surface area contributed by atoms with Crippen molar-refractivity contribution in [3.63, 3.8) is 0 Å². The van der Waals surface area contributed by atoms with Crippen molar-refractivity contribution in [2.75, 3.05) is 50.5 Å². The van der Waals surface area contributed by atoms with Gasteiger partial charge in [0.2, 0.25) is 0 Å². The number of benzene rings is 2. The number of urea groups is 1. The summed E-state index contributed by atoms with van der Waals surface area (Å²) in [5.74, 6) is 0.469. The molecule has 2 aromatic rings. The van der Waals surface area contributed by atoms with Crippen LogP contribution in [-0.4, -0.2) is 85.0 Å². The number of fused-ring (bicyclic) bond motifs is 1. The Morgan fingerprint density at radius 3 is 2.39 bits per heavy atom. The molecule has 1 aliphatic carbocycles. The molecule has 2 aliphatic rings. The summed E-state index contributed by atoms with van der Waals surface area (Å²) in [4.78, 5) is 31.2. The van der Waals surface area contributed by atoms with E-state index in [0.717, 1.165) is 38.3 Å². The van der Waals surface area contributed by atoms with Crippen LogP contribution in [0.3, 0.4) is 0 Å². The molecule has 46 heavy (non-hydrogen) atoms. The molecule has 1 heterocycles. The van der Waals surface area contributed by atoms with E-state index in [2.05, 4.69) is 29.5 Å². The third-order valence-electron chi connectivity index (χ3n) is 9.20. The molecule has 1 saturated carbocycles. The van der Waals surface area contributed by atoms with E-state index < -0.39 is 17.9 Å². The molecule has 1 aliphatic heterocycles. The van der Waals surface area contributed by atoms with Crippen molar-refractivity contribution in [1.82, 2.24) is 9.80 Å². The number of nitrogens with zero attached hydrogens (tertiary/aromatic N) is 2. The molecule has 2 aromatic carbocycles. The molecule has 254 valence electrons. The fraction of sp³-hybridized carbons (Fsp3) is 0.611. The molecule has 4 atom stereocenters. The van der Waals surface area contributed by atoms with Crippen LogP contribution < -0.4 is 15.4 Å². The maximum Gasteiger partial charge on any atom is 0.323 e. The molecular formula is C36H53FN4O5. The van der Waals surface area contributed by atoms with Crippen LogP contribution >= 0.6 is 0 Å². The van der Waals surface area contributed by atoms with Crippen molar-refractivity contribution in [1.29, 1.82) is 0 Å². The summed E-state index contributed by atoms with van der Waals surface area (Å²) >= 11 is 0. The van der Waals surface area contributed by atoms with Crippen LogP contribution in [0.1, 0.15) is 82.5 Å². The molecule has 3 N–H and O–H groups in total. The smallest absolute Gasteiger partial charge is 0.323 e. The standard InChI is InChI=1S/C36H53FN4O5/c1-25-21-41(26(2)24-42)35(43)32-20-31(39-36(44)38-30-15-13-29(37)14-16-30)17-18-33(32)46-27(3)10-8-9-19-45-34(25)23-40(4)22-28-11-6-5-7-12-28/h13-18,20,25-28,34,42H,5-12,19,21-24H2,1-4H3,(H2,38,39,44)/t25-,26-,27-,34+/m0/s1. The first kappa shape index (κ1) is 35.6. The maximum atomic E-state index is 14.3. The summed E-state index contributed by atoms with van der Waals surface area (Å²) in [6.07, 6.45) is 8.95. The second-order valence-electron chi connectivity index (χ2n) is 13.3. The molecular weight excluding hydrogens is 587 g/mol. The largest absolute Gasteiger partial charge is 0.490 e. The number of aliphatic hydroxyl groups is 1. The lowest BCUT2D eigenvalue weighted by Gasteiger charge is -2.36. The quantitative estimate of drug-likeness (QED) is 0.294. The van der Waals surface area contributed by atoms with E-state index in [1.165, 1.54) is 56.4 Å². The van der Waals surface area contributed by atoms with Gasteiger partial charge >= 0.3 is 6.03 Å². The van der Waals surface area contributed by atoms with Gasteiger partial charge in [0.1, 0.15) is 11.6 Å². The van der Waals surface area contributed by atoms with Gasteiger partial charge in [-0.1, -0.05) is 26.2 Å². The summed E-state index contributed by atoms with van der Waals surface area (Å²) in [6.45, 7) is 8.61. The van der Waals surface area contributed by atoms with Gasteiger partial charge in [-0.05, 0) is 101 Å². The molecule has 0 bridgehead atoms. The zero-order valence-corrected chi connectivity index (χ0v) is 28.0. The Balaban J connectivity index is 1.56. The molecule has 0 spiro atoms. The van der Waals surface area contributed by atoms with E-state index in [-0.39, 0.29) is 30.6 Å². The predicted octanol–water partition coefficient (Wildman–Crippen LogP) is 6.78. The van der Waals surface area contributed by atoms with Crippen LogP contribution in [0.5, 0.6) is 5.75 Å². The Labute approximate surface area is 273 Å². The van der Waals surface area contributed by atoms with Crippen LogP contribution in [0, 0.1) is 17.7 Å². The second kappa shape index (κ2) is 17.6. The first-order valence-electron chi connectivity index (χ1n) is 17.0. The zero-order chi connectivity index (χ0) is 33.1. The minimum Gasteiger partial charge on any atom is -0.490 e. The van der Waals surface area contributed by atoms with E-state index in [1.807, 2.05) is 13.8 Å². The number of carbonyl (C=O) groups excluding carboxylic acids is 2. The van der Waals surface area contributed by atoms with Gasteiger partial charge in [0, 0.05) is 43.5 Å². The van der Waals surface area contributed by atoms with E-state index in [9.17, 15) is 19.1 Å². The number of carbonyl (C=O) groups is 2. The topological polar surface area (TPSA) is 103 Å². The number of aliphatic hydroxyl groups excluding tert-OH is 1. The van der Waals surface area contributed by atoms with Crippen LogP contribution in [0.15, 0.2) is 42.5 Å². The molecule has 0 radical (unpaired) electrons. The molecule has 4 rings (SSSR count). The van der Waals surface area contributed by atoms with E-state index in [0.29, 0.717) is 35.8 Å². The second-order valence-corrected chi connectivity index (χ2v) is 13.3. The minimum absolute atomic E-state index is 0.000725. The minimum atomic E-state index is -0.527. The summed E-state index contributed by atoms with van der Waals surface area (Å²) in [7, 11) is 2.17. The van der Waals surface area contributed by atoms with Crippen LogP contribution in [0.25, 0.3) is 0 Å². The third kappa shape index (κ3) is 10.7. The van der Waals surface area contributed by atoms with E-state index in [1.54, 1.807) is 23.1 Å². The number of anilines is 2. The monoisotopic (exact) mass is 640 g/mol. The third-order valence-corrected chi connectivity index (χ3v) is 9.20. The Hall–Kier alpha value is -3.21. The molecule has 10 heteroatoms. The average molecular weight is 641 g/mol. The highest BCUT2D eigenvalue weighted by Gasteiger charge is 2.31. The number of likely N-dealkylation sites (N-methyl/N-ethyl adjacent to an activating group) is 1. The van der Waals surface area contributed by atoms with Gasteiger partial charge in [0.25, 0.3) is 5.91 Å². The Kier molecular flexibility index (Phi) is 13.7. The first-order valence-corrected chi connectivity index (χ1v) is 17.0. The Morgan fingerprint density at radius 2 is 1.67 bits per heavy atom. The highest BCUT2D eigenvalue weighted by molar-refractivity contribution is 6.02. The van der Waals surface area contributed by atoms with Gasteiger partial charge in [0.15, 0.2) is 0 Å². The highest BCUT2D eigenvalue weighted by Crippen LogP contribution is 2.29. The number of halogens is 1. The lowest BCUT2D eigenvalue weighted by Crippen LogP contribution is -2.47. The van der Waals surface area contributed by atoms with Crippen LogP contribution in [-0.2, 0) is 4.74 Å². The molecule has 0 aromatic heterocycles. The van der Waals surface area contributed by atoms with Crippen molar-refractivity contribution < 1.29 is 28.6 Å². The van der Waals surface area contributed by atoms with Gasteiger partial charge in [-0.3, -0.25) is 4.79 Å². The van der Waals surface area contributed by atoms with Crippen LogP contribution in [0.4, 0.5) is 20.6 Å². The normalized spacial score (nSPS) is 22.8. The van der Waals surface area contributed by atoms with Crippen molar-refractivity contribution in [2.45, 2.75) is 90.4 Å². The van der Waals surface area contributed by atoms with Crippen molar-refractivity contribution >= 4 is 23.3 Å². The van der Waals surface area contributed by atoms with Crippen LogP contribution in [0.2, 0.25) is 0 Å². The lowest BCUT2D eigenvalue weighted by atomic mass is 9.89. The summed E-state index contributed by atoms with van der Waals surface area (Å²) < 4.78 is 26.1. The summed E-state index contributed by atoms with van der Waals surface area (Å²) in [6, 6.07) is 9.51. The fourth-order valence-electron chi connectivity index (χ4n) is 6.48. The summed E-state index contributed by atoms with van der Waals surface area (Å²) in [5.41, 5.74) is 1.14. The van der Waals surface area contributed by atoms with Gasteiger partial charge in [-0.15, -0.1) is 0 Å². The van der Waals surface area contributed by atoms with Gasteiger partial charge < -0.3 is 35.0 Å². The van der Waals surface area contributed by atoms with Crippen molar-refractivity contribution in [3.05, 3.63) is 53.8 Å². The van der Waals surface area contributed by atoms with E-state index >= 15 is 0 Å². The number of rotatable bonds is 8. The predicted molar refractivity (Wildman–Crippen MR) is 180 cm³/mol. The van der Waals surface area contributed by atoms with Gasteiger partial charge in [-0.2, -0.15) is 0 Å². The van der Waals surface area contributed by atoms with Gasteiger partial charge in [-0.25, -0.2) is 9.18 Å². The number of hydrogen-bond donors (Lipinski definition) is 3. The first-order chi connectivity index (χ1) is 22.1. The zero-order valence-electron chi connectivity index (χ0n) is 28.0. The Morgan fingerprint density at radius 1 is 1.00 bits per heavy atom. The highest BCUT2D eigenvalue weighted by atomic mass is 19.1. The lowest BCUT2D eigenvalue weighted by molar-refractivity contribution is -0.0190. The molecule has 0 unspecified atom stereocenters. The number of nitrogens with one attached hydrogen (secondary N) is 2. The number of ether oxygens (including phenoxy) is 2. The Bertz CT molecular complexity index is 1260. The number of hydrogen-bond acceptors (Lipinski definition) is 6. The average Bonchev–Trinajstić information content (AvgIpc) is 3.04. The molecule has 9 nitrogen and oxygen atoms in total. The molecule has 1 fully saturated rings. The van der Waals surface area contributed by atoms with Crippen molar-refractivity contribution in [3.8, 4) is 5.75 Å². The number of amides is 3. The fourth-order valence-corrected chi connectivity index (χ4v) is 6.48. The SMILES string of the molecule is C[C@H]1CCCCO[C@H](CN(C)CC2CCCCC2)[C@@H](C)CN([C@@H](C)CO)C(=O)c2cc(NC(=O)Nc3ccc(F)cc3)ccc2O1.